The molecule has 0 fully saturated rings. The highest BCUT2D eigenvalue weighted by molar-refractivity contribution is 6.69. The minimum atomic E-state index is -2.02. The molecule has 0 rings (SSSR count). The molecule has 0 aromatic carbocycles. The zero-order valence-electron chi connectivity index (χ0n) is 7.82. The van der Waals surface area contributed by atoms with E-state index in [1.807, 2.05) is 13.1 Å². The maximum Gasteiger partial charge on any atom is 0.231 e. The third kappa shape index (κ3) is 8.18. The molecule has 0 aliphatic rings. The lowest BCUT2D eigenvalue weighted by Gasteiger charge is -2.21. The van der Waals surface area contributed by atoms with Crippen LogP contribution in [0.5, 0.6) is 0 Å². The minimum Gasteiger partial charge on any atom is -0.298 e. The van der Waals surface area contributed by atoms with Gasteiger partial charge >= 0.3 is 0 Å². The molecule has 0 atom stereocenters. The van der Waals surface area contributed by atoms with E-state index >= 15 is 0 Å². The van der Waals surface area contributed by atoms with Gasteiger partial charge in [-0.15, -0.1) is 0 Å². The first-order chi connectivity index (χ1) is 4.21. The van der Waals surface area contributed by atoms with Crippen molar-refractivity contribution >= 4 is 8.32 Å². The molecule has 1 nitrogen and oxygen atoms in total. The Morgan fingerprint density at radius 1 is 1.20 bits per heavy atom. The van der Waals surface area contributed by atoms with Gasteiger partial charge in [0.1, 0.15) is 0 Å². The zero-order chi connectivity index (χ0) is 8.41. The van der Waals surface area contributed by atoms with Gasteiger partial charge in [0.25, 0.3) is 0 Å². The Bertz CT molecular complexity index is 82.8. The molecule has 2 heteroatoms. The highest BCUT2D eigenvalue weighted by Gasteiger charge is 2.22. The molecule has 10 heavy (non-hydrogen) atoms. The van der Waals surface area contributed by atoms with Crippen molar-refractivity contribution in [1.29, 1.82) is 0 Å². The molecule has 0 saturated carbocycles. The predicted octanol–water partition coefficient (Wildman–Crippen LogP) is 3.06. The van der Waals surface area contributed by atoms with Crippen molar-refractivity contribution in [1.82, 2.24) is 0 Å². The third-order valence-corrected chi connectivity index (χ3v) is 2.93. The average molecular weight is 159 g/mol. The molecule has 0 amide bonds. The molecule has 0 aliphatic carbocycles. The Kier molecular flexibility index (Phi) is 3.11. The first kappa shape index (κ1) is 10.2. The summed E-state index contributed by atoms with van der Waals surface area (Å²) in [6.07, 6.45) is 1.08. The maximum absolute atomic E-state index is 11.3. The molecule has 61 valence electrons. The lowest BCUT2D eigenvalue weighted by atomic mass is 9.94. The van der Waals surface area contributed by atoms with Gasteiger partial charge in [-0.2, -0.15) is 0 Å². The van der Waals surface area contributed by atoms with Gasteiger partial charge in [0.15, 0.2) is 0 Å². The van der Waals surface area contributed by atoms with Gasteiger partial charge < -0.3 is 0 Å². The van der Waals surface area contributed by atoms with E-state index in [2.05, 4.69) is 20.8 Å². The van der Waals surface area contributed by atoms with Gasteiger partial charge in [0, 0.05) is 0 Å². The van der Waals surface area contributed by atoms with Gasteiger partial charge in [-0.3, -0.25) is 4.80 Å². The van der Waals surface area contributed by atoms with Crippen molar-refractivity contribution in [3.8, 4) is 0 Å². The fourth-order valence-corrected chi connectivity index (χ4v) is 2.03. The van der Waals surface area contributed by atoms with E-state index in [0.29, 0.717) is 5.41 Å². The van der Waals surface area contributed by atoms with Gasteiger partial charge in [0.05, 0.1) is 0 Å². The second-order valence-corrected chi connectivity index (χ2v) is 8.84. The molecule has 0 aliphatic heterocycles. The maximum atomic E-state index is 11.3. The van der Waals surface area contributed by atoms with E-state index < -0.39 is 8.32 Å². The Balaban J connectivity index is 3.56. The molecule has 0 spiro atoms. The van der Waals surface area contributed by atoms with E-state index in [0.717, 1.165) is 12.5 Å². The van der Waals surface area contributed by atoms with Crippen molar-refractivity contribution in [2.45, 2.75) is 46.3 Å². The van der Waals surface area contributed by atoms with Crippen LogP contribution in [0.25, 0.3) is 0 Å². The fraction of sp³-hybridized carbons (Fsp3) is 1.00. The van der Waals surface area contributed by atoms with Crippen molar-refractivity contribution < 1.29 is 4.80 Å². The van der Waals surface area contributed by atoms with Gasteiger partial charge in [-0.1, -0.05) is 20.8 Å². The smallest absolute Gasteiger partial charge is 0.231 e. The normalized spacial score (nSPS) is 13.8. The van der Waals surface area contributed by atoms with E-state index in [-0.39, 0.29) is 0 Å². The summed E-state index contributed by atoms with van der Waals surface area (Å²) in [5, 5.41) is 0. The molecular weight excluding hydrogens is 140 g/mol. The van der Waals surface area contributed by atoms with Crippen LogP contribution in [0.3, 0.4) is 0 Å². The molecule has 0 aromatic rings. The topological polar surface area (TPSA) is 19.9 Å². The summed E-state index contributed by atoms with van der Waals surface area (Å²) in [5.74, 6) is 0. The minimum absolute atomic E-state index is 0.342. The summed E-state index contributed by atoms with van der Waals surface area (Å²) in [4.78, 5) is 11.3. The van der Waals surface area contributed by atoms with E-state index in [1.54, 1.807) is 0 Å². The highest BCUT2D eigenvalue weighted by Crippen LogP contribution is 2.24. The van der Waals surface area contributed by atoms with Crippen LogP contribution in [0.4, 0.5) is 0 Å². The third-order valence-electron chi connectivity index (χ3n) is 1.48. The van der Waals surface area contributed by atoms with Crippen molar-refractivity contribution in [3.05, 3.63) is 0 Å². The summed E-state index contributed by atoms with van der Waals surface area (Å²) in [6.45, 7) is 10.3. The van der Waals surface area contributed by atoms with Crippen molar-refractivity contribution in [2.75, 3.05) is 0 Å². The molecule has 0 N–H and O–H groups in total. The number of hydrogen-bond acceptors (Lipinski definition) is 0. The standard InChI is InChI=1S/C8H19OSi/c1-8(2,3)6-7-10(4,5)9/h6-7H2,1-5H3. The Labute approximate surface area is 65.6 Å². The largest absolute Gasteiger partial charge is 0.298 e. The van der Waals surface area contributed by atoms with Crippen molar-refractivity contribution in [2.24, 2.45) is 5.41 Å². The summed E-state index contributed by atoms with van der Waals surface area (Å²) in [6, 6.07) is 0.913. The van der Waals surface area contributed by atoms with Crippen LogP contribution in [-0.2, 0) is 4.80 Å². The van der Waals surface area contributed by atoms with Gasteiger partial charge in [-0.25, -0.2) is 0 Å². The molecule has 0 saturated heterocycles. The van der Waals surface area contributed by atoms with E-state index in [1.165, 1.54) is 0 Å². The highest BCUT2D eigenvalue weighted by atomic mass is 28.4. The number of rotatable bonds is 2. The number of hydrogen-bond donors (Lipinski definition) is 0. The second kappa shape index (κ2) is 3.05. The van der Waals surface area contributed by atoms with E-state index in [9.17, 15) is 4.80 Å². The second-order valence-electron chi connectivity index (χ2n) is 4.82. The Hall–Kier alpha value is 0.177. The first-order valence-corrected chi connectivity index (χ1v) is 7.03. The lowest BCUT2D eigenvalue weighted by Crippen LogP contribution is -2.24. The van der Waals surface area contributed by atoms with Crippen LogP contribution in [0.15, 0.2) is 0 Å². The molecule has 0 aromatic heterocycles. The van der Waals surface area contributed by atoms with Crippen LogP contribution >= 0.6 is 0 Å². The molecule has 0 bridgehead atoms. The lowest BCUT2D eigenvalue weighted by molar-refractivity contribution is 0.368. The monoisotopic (exact) mass is 159 g/mol. The van der Waals surface area contributed by atoms with Gasteiger partial charge in [-0.05, 0) is 31.0 Å². The van der Waals surface area contributed by atoms with Crippen LogP contribution in [0, 0.1) is 5.41 Å². The zero-order valence-corrected chi connectivity index (χ0v) is 8.82. The first-order valence-electron chi connectivity index (χ1n) is 3.91. The fourth-order valence-electron chi connectivity index (χ4n) is 0.676. The summed E-state index contributed by atoms with van der Waals surface area (Å²) < 4.78 is 0. The van der Waals surface area contributed by atoms with Gasteiger partial charge in [0.2, 0.25) is 8.32 Å². The summed E-state index contributed by atoms with van der Waals surface area (Å²) in [5.41, 5.74) is 0.342. The average Bonchev–Trinajstić information content (AvgIpc) is 1.57. The molecule has 0 heterocycles. The van der Waals surface area contributed by atoms with Crippen LogP contribution in [-0.4, -0.2) is 8.32 Å². The Morgan fingerprint density at radius 2 is 1.60 bits per heavy atom. The summed E-state index contributed by atoms with van der Waals surface area (Å²) >= 11 is 0. The van der Waals surface area contributed by atoms with Crippen LogP contribution < -0.4 is 0 Å². The quantitative estimate of drug-likeness (QED) is 0.552. The van der Waals surface area contributed by atoms with Crippen LogP contribution in [0.1, 0.15) is 27.2 Å². The van der Waals surface area contributed by atoms with E-state index in [4.69, 9.17) is 0 Å². The SMILES string of the molecule is CC(C)(C)CC[Si](C)(C)[O]. The molecular formula is C8H19OSi. The molecule has 1 radical (unpaired) electrons. The molecule has 0 unspecified atom stereocenters. The summed E-state index contributed by atoms with van der Waals surface area (Å²) in [7, 11) is -2.02. The predicted molar refractivity (Wildman–Crippen MR) is 47.0 cm³/mol. The Morgan fingerprint density at radius 3 is 1.70 bits per heavy atom. The van der Waals surface area contributed by atoms with Crippen molar-refractivity contribution in [3.63, 3.8) is 0 Å². The van der Waals surface area contributed by atoms with Crippen LogP contribution in [0.2, 0.25) is 19.1 Å².